The molecule has 1 aliphatic heterocycles. The van der Waals surface area contributed by atoms with E-state index in [1.165, 1.54) is 16.4 Å². The van der Waals surface area contributed by atoms with Gasteiger partial charge in [0.05, 0.1) is 22.6 Å². The topological polar surface area (TPSA) is 84.9 Å². The number of sulfonamides is 1. The average molecular weight is 455 g/mol. The molecule has 27 heavy (non-hydrogen) atoms. The molecule has 1 saturated heterocycles. The molecule has 1 N–H and O–H groups in total. The highest BCUT2D eigenvalue weighted by Gasteiger charge is 2.26. The minimum absolute atomic E-state index is 0.156. The molecule has 1 amide bonds. The van der Waals surface area contributed by atoms with Crippen molar-refractivity contribution in [2.24, 2.45) is 0 Å². The first-order valence-electron chi connectivity index (χ1n) is 8.32. The molecular weight excluding hydrogens is 436 g/mol. The van der Waals surface area contributed by atoms with E-state index in [-0.39, 0.29) is 17.4 Å². The molecule has 3 rings (SSSR count). The van der Waals surface area contributed by atoms with Crippen molar-refractivity contribution in [1.29, 1.82) is 0 Å². The van der Waals surface area contributed by atoms with E-state index in [2.05, 4.69) is 21.2 Å². The molecule has 0 saturated carbocycles. The van der Waals surface area contributed by atoms with Crippen LogP contribution in [0.15, 0.2) is 57.9 Å². The molecule has 0 unspecified atom stereocenters. The number of halogens is 1. The number of carbonyl (C=O) groups excluding carboxylic acids is 1. The van der Waals surface area contributed by atoms with Gasteiger partial charge in [-0.1, -0.05) is 12.1 Å². The summed E-state index contributed by atoms with van der Waals surface area (Å²) in [5.41, 5.74) is 0.497. The Morgan fingerprint density at radius 2 is 1.78 bits per heavy atom. The van der Waals surface area contributed by atoms with Gasteiger partial charge in [-0.25, -0.2) is 8.42 Å². The smallest absolute Gasteiger partial charge is 0.262 e. The summed E-state index contributed by atoms with van der Waals surface area (Å²) in [4.78, 5) is 12.2. The number of hydrogen-bond donors (Lipinski definition) is 1. The first-order valence-corrected chi connectivity index (χ1v) is 10.6. The minimum atomic E-state index is -3.55. The number of amides is 1. The van der Waals surface area contributed by atoms with E-state index < -0.39 is 10.0 Å². The summed E-state index contributed by atoms with van der Waals surface area (Å²) < 4.78 is 37.9. The van der Waals surface area contributed by atoms with E-state index >= 15 is 0 Å². The zero-order valence-electron chi connectivity index (χ0n) is 14.4. The lowest BCUT2D eigenvalue weighted by Gasteiger charge is -2.26. The molecule has 0 atom stereocenters. The normalized spacial score (nSPS) is 15.3. The fraction of sp³-hybridized carbons (Fsp3) is 0.278. The van der Waals surface area contributed by atoms with Crippen LogP contribution in [0.1, 0.15) is 0 Å². The highest BCUT2D eigenvalue weighted by atomic mass is 79.9. The van der Waals surface area contributed by atoms with E-state index in [0.29, 0.717) is 37.7 Å². The first kappa shape index (κ1) is 19.8. The fourth-order valence-electron chi connectivity index (χ4n) is 2.55. The third-order valence-corrected chi connectivity index (χ3v) is 6.51. The molecule has 0 radical (unpaired) electrons. The number of rotatable bonds is 6. The average Bonchev–Trinajstić information content (AvgIpc) is 2.68. The van der Waals surface area contributed by atoms with Crippen LogP contribution >= 0.6 is 15.9 Å². The number of benzene rings is 2. The van der Waals surface area contributed by atoms with Gasteiger partial charge in [0.1, 0.15) is 5.75 Å². The second kappa shape index (κ2) is 8.83. The van der Waals surface area contributed by atoms with Crippen molar-refractivity contribution < 1.29 is 22.7 Å². The molecule has 0 bridgehead atoms. The Labute approximate surface area is 166 Å². The number of morpholine rings is 1. The Bertz CT molecular complexity index is 896. The third-order valence-electron chi connectivity index (χ3n) is 3.94. The summed E-state index contributed by atoms with van der Waals surface area (Å²) in [6.07, 6.45) is 0. The maximum Gasteiger partial charge on any atom is 0.262 e. The van der Waals surface area contributed by atoms with Crippen LogP contribution in [0.2, 0.25) is 0 Å². The van der Waals surface area contributed by atoms with Gasteiger partial charge in [0, 0.05) is 18.8 Å². The fourth-order valence-corrected chi connectivity index (χ4v) is 4.36. The highest BCUT2D eigenvalue weighted by Crippen LogP contribution is 2.24. The summed E-state index contributed by atoms with van der Waals surface area (Å²) in [6, 6.07) is 13.3. The number of para-hydroxylation sites is 1. The van der Waals surface area contributed by atoms with Crippen LogP contribution in [-0.2, 0) is 19.6 Å². The quantitative estimate of drug-likeness (QED) is 0.724. The molecule has 9 heteroatoms. The van der Waals surface area contributed by atoms with Crippen molar-refractivity contribution in [3.05, 3.63) is 53.0 Å². The molecule has 7 nitrogen and oxygen atoms in total. The Hall–Kier alpha value is -1.94. The van der Waals surface area contributed by atoms with Crippen LogP contribution in [0, 0.1) is 0 Å². The number of carbonyl (C=O) groups is 1. The van der Waals surface area contributed by atoms with Gasteiger partial charge >= 0.3 is 0 Å². The highest BCUT2D eigenvalue weighted by molar-refractivity contribution is 9.10. The zero-order valence-corrected chi connectivity index (χ0v) is 16.8. The van der Waals surface area contributed by atoms with E-state index in [4.69, 9.17) is 9.47 Å². The molecule has 2 aromatic rings. The molecule has 1 heterocycles. The van der Waals surface area contributed by atoms with Crippen molar-refractivity contribution in [1.82, 2.24) is 4.31 Å². The van der Waals surface area contributed by atoms with Gasteiger partial charge < -0.3 is 14.8 Å². The molecule has 0 aromatic heterocycles. The maximum absolute atomic E-state index is 12.6. The molecule has 0 spiro atoms. The second-order valence-corrected chi connectivity index (χ2v) is 8.60. The lowest BCUT2D eigenvalue weighted by molar-refractivity contribution is -0.118. The number of anilines is 1. The number of ether oxygens (including phenoxy) is 2. The summed E-state index contributed by atoms with van der Waals surface area (Å²) in [7, 11) is -3.55. The molecule has 0 aliphatic carbocycles. The Kier molecular flexibility index (Phi) is 6.48. The van der Waals surface area contributed by atoms with Crippen LogP contribution in [-0.4, -0.2) is 51.5 Å². The summed E-state index contributed by atoms with van der Waals surface area (Å²) in [5.74, 6) is 0.231. The predicted octanol–water partition coefficient (Wildman–Crippen LogP) is 2.49. The van der Waals surface area contributed by atoms with Crippen LogP contribution in [0.25, 0.3) is 0 Å². The minimum Gasteiger partial charge on any atom is -0.483 e. The van der Waals surface area contributed by atoms with Crippen molar-refractivity contribution in [2.45, 2.75) is 4.90 Å². The maximum atomic E-state index is 12.6. The first-order chi connectivity index (χ1) is 13.0. The molecular formula is C18H19BrN2O5S. The Morgan fingerprint density at radius 3 is 2.44 bits per heavy atom. The number of nitrogens with zero attached hydrogens (tertiary/aromatic N) is 1. The zero-order chi connectivity index (χ0) is 19.3. The number of hydrogen-bond acceptors (Lipinski definition) is 5. The molecule has 2 aromatic carbocycles. The van der Waals surface area contributed by atoms with Crippen molar-refractivity contribution in [2.75, 3.05) is 38.2 Å². The predicted molar refractivity (Wildman–Crippen MR) is 104 cm³/mol. The number of nitrogens with one attached hydrogen (secondary N) is 1. The standard InChI is InChI=1S/C18H19BrN2O5S/c19-16-3-1-2-4-17(16)26-13-18(22)20-14-5-7-15(8-6-14)27(23,24)21-9-11-25-12-10-21/h1-8H,9-13H2,(H,20,22). The lowest BCUT2D eigenvalue weighted by Crippen LogP contribution is -2.40. The molecule has 1 aliphatic rings. The van der Waals surface area contributed by atoms with Crippen molar-refractivity contribution in [3.63, 3.8) is 0 Å². The Balaban J connectivity index is 1.58. The van der Waals surface area contributed by atoms with Crippen LogP contribution in [0.5, 0.6) is 5.75 Å². The van der Waals surface area contributed by atoms with Gasteiger partial charge in [-0.05, 0) is 52.3 Å². The summed E-state index contributed by atoms with van der Waals surface area (Å²) in [5, 5.41) is 2.68. The van der Waals surface area contributed by atoms with E-state index in [1.807, 2.05) is 18.2 Å². The molecule has 144 valence electrons. The van der Waals surface area contributed by atoms with Gasteiger partial charge in [0.2, 0.25) is 10.0 Å². The lowest BCUT2D eigenvalue weighted by atomic mass is 10.3. The van der Waals surface area contributed by atoms with E-state index in [1.54, 1.807) is 18.2 Å². The molecule has 1 fully saturated rings. The van der Waals surface area contributed by atoms with E-state index in [0.717, 1.165) is 4.47 Å². The largest absolute Gasteiger partial charge is 0.483 e. The summed E-state index contributed by atoms with van der Waals surface area (Å²) >= 11 is 3.35. The third kappa shape index (κ3) is 5.07. The van der Waals surface area contributed by atoms with Gasteiger partial charge in [-0.15, -0.1) is 0 Å². The van der Waals surface area contributed by atoms with Gasteiger partial charge in [0.15, 0.2) is 6.61 Å². The Morgan fingerprint density at radius 1 is 1.11 bits per heavy atom. The van der Waals surface area contributed by atoms with Gasteiger partial charge in [-0.2, -0.15) is 4.31 Å². The SMILES string of the molecule is O=C(COc1ccccc1Br)Nc1ccc(S(=O)(=O)N2CCOCC2)cc1. The van der Waals surface area contributed by atoms with E-state index in [9.17, 15) is 13.2 Å². The summed E-state index contributed by atoms with van der Waals surface area (Å²) in [6.45, 7) is 1.31. The van der Waals surface area contributed by atoms with Crippen molar-refractivity contribution in [3.8, 4) is 5.75 Å². The van der Waals surface area contributed by atoms with Crippen molar-refractivity contribution >= 4 is 37.5 Å². The van der Waals surface area contributed by atoms with Gasteiger partial charge in [-0.3, -0.25) is 4.79 Å². The van der Waals surface area contributed by atoms with Crippen LogP contribution in [0.3, 0.4) is 0 Å². The van der Waals surface area contributed by atoms with Gasteiger partial charge in [0.25, 0.3) is 5.91 Å². The van der Waals surface area contributed by atoms with Crippen LogP contribution in [0.4, 0.5) is 5.69 Å². The second-order valence-electron chi connectivity index (χ2n) is 5.81. The van der Waals surface area contributed by atoms with Crippen LogP contribution < -0.4 is 10.1 Å². The monoisotopic (exact) mass is 454 g/mol.